The van der Waals surface area contributed by atoms with E-state index >= 15 is 0 Å². The molecule has 1 heteroatoms. The van der Waals surface area contributed by atoms with Crippen LogP contribution in [0, 0.1) is 6.92 Å². The Morgan fingerprint density at radius 3 is 2.00 bits per heavy atom. The zero-order valence-electron chi connectivity index (χ0n) is 11.8. The molecule has 0 bridgehead atoms. The summed E-state index contributed by atoms with van der Waals surface area (Å²) in [7, 11) is 0. The molecule has 3 rings (SSSR count). The summed E-state index contributed by atoms with van der Waals surface area (Å²) in [4.78, 5) is 0. The number of aryl methyl sites for hydroxylation is 2. The maximum Gasteiger partial charge on any atom is 0.115 e. The van der Waals surface area contributed by atoms with Crippen molar-refractivity contribution in [2.24, 2.45) is 0 Å². The molecule has 2 aliphatic carbocycles. The zero-order valence-corrected chi connectivity index (χ0v) is 11.8. The van der Waals surface area contributed by atoms with Crippen molar-refractivity contribution in [3.8, 4) is 16.9 Å². The van der Waals surface area contributed by atoms with E-state index in [1.807, 2.05) is 12.1 Å². The summed E-state index contributed by atoms with van der Waals surface area (Å²) < 4.78 is 0. The molecule has 0 aromatic heterocycles. The predicted molar refractivity (Wildman–Crippen MR) is 81.5 cm³/mol. The van der Waals surface area contributed by atoms with Gasteiger partial charge in [-0.05, 0) is 60.2 Å². The summed E-state index contributed by atoms with van der Waals surface area (Å²) >= 11 is 0. The molecular formula is C18H22O. The fraction of sp³-hybridized carbons (Fsp3) is 0.333. The van der Waals surface area contributed by atoms with Gasteiger partial charge in [-0.25, -0.2) is 0 Å². The molecule has 1 nitrogen and oxygen atoms in total. The van der Waals surface area contributed by atoms with Gasteiger partial charge in [-0.3, -0.25) is 0 Å². The van der Waals surface area contributed by atoms with Crippen molar-refractivity contribution < 1.29 is 5.11 Å². The average Bonchev–Trinajstić information content (AvgIpc) is 3.01. The van der Waals surface area contributed by atoms with E-state index in [2.05, 4.69) is 32.0 Å². The summed E-state index contributed by atoms with van der Waals surface area (Å²) in [6.45, 7) is 4.33. The molecule has 1 aromatic carbocycles. The van der Waals surface area contributed by atoms with Gasteiger partial charge in [0.2, 0.25) is 0 Å². The van der Waals surface area contributed by atoms with Gasteiger partial charge in [0.15, 0.2) is 0 Å². The van der Waals surface area contributed by atoms with Gasteiger partial charge < -0.3 is 5.11 Å². The molecule has 19 heavy (non-hydrogen) atoms. The smallest absolute Gasteiger partial charge is 0.115 e. The molecule has 2 aliphatic rings. The molecule has 0 heterocycles. The molecule has 1 N–H and O–H groups in total. The first-order valence-corrected chi connectivity index (χ1v) is 7.09. The van der Waals surface area contributed by atoms with Gasteiger partial charge in [0.1, 0.15) is 5.75 Å². The van der Waals surface area contributed by atoms with Crippen LogP contribution in [0.25, 0.3) is 11.1 Å². The van der Waals surface area contributed by atoms with Gasteiger partial charge in [-0.1, -0.05) is 44.0 Å². The fourth-order valence-electron chi connectivity index (χ4n) is 2.16. The van der Waals surface area contributed by atoms with E-state index < -0.39 is 0 Å². The highest BCUT2D eigenvalue weighted by atomic mass is 16.3. The van der Waals surface area contributed by atoms with Crippen LogP contribution in [0.15, 0.2) is 42.5 Å². The van der Waals surface area contributed by atoms with Crippen LogP contribution in [0.1, 0.15) is 37.3 Å². The number of phenols is 1. The molecule has 0 saturated heterocycles. The Labute approximate surface area is 115 Å². The minimum atomic E-state index is 0.356. The molecule has 0 aliphatic heterocycles. The van der Waals surface area contributed by atoms with E-state index in [0.717, 1.165) is 6.42 Å². The molecular weight excluding hydrogens is 232 g/mol. The summed E-state index contributed by atoms with van der Waals surface area (Å²) in [5.74, 6) is 0.356. The third kappa shape index (κ3) is 4.44. The number of phenolic OH excluding ortho intramolecular Hbond substituents is 1. The highest BCUT2D eigenvalue weighted by Gasteiger charge is 2.10. The third-order valence-electron chi connectivity index (χ3n) is 3.33. The van der Waals surface area contributed by atoms with E-state index in [-0.39, 0.29) is 0 Å². The van der Waals surface area contributed by atoms with Crippen molar-refractivity contribution in [2.45, 2.75) is 39.5 Å². The quantitative estimate of drug-likeness (QED) is 0.642. The van der Waals surface area contributed by atoms with E-state index in [0.29, 0.717) is 5.75 Å². The van der Waals surface area contributed by atoms with Crippen molar-refractivity contribution >= 4 is 0 Å². The number of unbranched alkanes of at least 4 members (excludes halogenated alkanes) is 2. The van der Waals surface area contributed by atoms with Crippen LogP contribution >= 0.6 is 0 Å². The average molecular weight is 254 g/mol. The van der Waals surface area contributed by atoms with Gasteiger partial charge in [0.05, 0.1) is 0 Å². The second-order valence-corrected chi connectivity index (χ2v) is 5.21. The fourth-order valence-corrected chi connectivity index (χ4v) is 2.16. The van der Waals surface area contributed by atoms with Crippen molar-refractivity contribution in [1.29, 1.82) is 0 Å². The van der Waals surface area contributed by atoms with Crippen LogP contribution in [0.4, 0.5) is 0 Å². The molecule has 0 fully saturated rings. The Morgan fingerprint density at radius 1 is 0.895 bits per heavy atom. The Bertz CT molecular complexity index is 506. The highest BCUT2D eigenvalue weighted by Crippen LogP contribution is 2.35. The molecule has 0 unspecified atom stereocenters. The Hall–Kier alpha value is -1.76. The Kier molecular flexibility index (Phi) is 4.62. The van der Waals surface area contributed by atoms with E-state index in [4.69, 9.17) is 5.11 Å². The second-order valence-electron chi connectivity index (χ2n) is 5.21. The first-order valence-electron chi connectivity index (χ1n) is 7.09. The van der Waals surface area contributed by atoms with Crippen LogP contribution < -0.4 is 0 Å². The number of fused-ring (bicyclic) bond motifs is 1. The monoisotopic (exact) mass is 254 g/mol. The number of rotatable bonds is 4. The number of benzene rings is 2. The van der Waals surface area contributed by atoms with Gasteiger partial charge in [-0.2, -0.15) is 0 Å². The highest BCUT2D eigenvalue weighted by molar-refractivity contribution is 5.82. The molecule has 0 atom stereocenters. The lowest BCUT2D eigenvalue weighted by atomic mass is 10.1. The van der Waals surface area contributed by atoms with Crippen molar-refractivity contribution in [1.82, 2.24) is 0 Å². The summed E-state index contributed by atoms with van der Waals surface area (Å²) in [5.41, 5.74) is 5.60. The van der Waals surface area contributed by atoms with Crippen molar-refractivity contribution in [3.05, 3.63) is 53.6 Å². The van der Waals surface area contributed by atoms with Crippen LogP contribution in [0.5, 0.6) is 5.75 Å². The number of hydrogen-bond donors (Lipinski definition) is 1. The topological polar surface area (TPSA) is 20.2 Å². The Morgan fingerprint density at radius 2 is 1.53 bits per heavy atom. The van der Waals surface area contributed by atoms with Gasteiger partial charge in [0, 0.05) is 0 Å². The molecule has 100 valence electrons. The maximum absolute atomic E-state index is 9.03. The zero-order chi connectivity index (χ0) is 13.7. The standard InChI is InChI=1S/C11H16O.C7H6/c1-2-3-4-5-10-6-8-11(12)9-7-10;1-5-2-6-4-7(6)3-5/h6-9,12H,2-5H2,1H3;2-4H,1H3. The largest absolute Gasteiger partial charge is 0.508 e. The molecule has 0 spiro atoms. The normalized spacial score (nSPS) is 10.6. The summed E-state index contributed by atoms with van der Waals surface area (Å²) in [5, 5.41) is 9.03. The lowest BCUT2D eigenvalue weighted by Gasteiger charge is -1.99. The second kappa shape index (κ2) is 6.42. The van der Waals surface area contributed by atoms with E-state index in [1.54, 1.807) is 12.1 Å². The van der Waals surface area contributed by atoms with Crippen molar-refractivity contribution in [3.63, 3.8) is 0 Å². The number of hydrogen-bond acceptors (Lipinski definition) is 1. The predicted octanol–water partition coefficient (Wildman–Crippen LogP) is 5.10. The van der Waals surface area contributed by atoms with Gasteiger partial charge >= 0.3 is 0 Å². The molecule has 0 amide bonds. The summed E-state index contributed by atoms with van der Waals surface area (Å²) in [6.07, 6.45) is 4.94. The van der Waals surface area contributed by atoms with Crippen molar-refractivity contribution in [2.75, 3.05) is 0 Å². The van der Waals surface area contributed by atoms with Crippen LogP contribution in [-0.4, -0.2) is 5.11 Å². The van der Waals surface area contributed by atoms with Gasteiger partial charge in [0.25, 0.3) is 0 Å². The number of aromatic hydroxyl groups is 1. The lowest BCUT2D eigenvalue weighted by molar-refractivity contribution is 0.475. The minimum Gasteiger partial charge on any atom is -0.508 e. The Balaban J connectivity index is 0.000000159. The lowest BCUT2D eigenvalue weighted by Crippen LogP contribution is -1.83. The van der Waals surface area contributed by atoms with Crippen LogP contribution in [-0.2, 0) is 6.42 Å². The first-order chi connectivity index (χ1) is 9.19. The molecule has 0 radical (unpaired) electrons. The van der Waals surface area contributed by atoms with Crippen LogP contribution in [0.2, 0.25) is 0 Å². The summed E-state index contributed by atoms with van der Waals surface area (Å²) in [6, 6.07) is 14.1. The first kappa shape index (κ1) is 13.7. The van der Waals surface area contributed by atoms with Crippen LogP contribution in [0.3, 0.4) is 0 Å². The minimum absolute atomic E-state index is 0.356. The maximum atomic E-state index is 9.03. The molecule has 1 aromatic rings. The third-order valence-corrected chi connectivity index (χ3v) is 3.33. The van der Waals surface area contributed by atoms with E-state index in [9.17, 15) is 0 Å². The SMILES string of the molecule is CCCCCc1ccc(O)cc1.Cc1cc2cc-2c1. The van der Waals surface area contributed by atoms with E-state index in [1.165, 1.54) is 41.5 Å². The van der Waals surface area contributed by atoms with Gasteiger partial charge in [-0.15, -0.1) is 0 Å². The molecule has 0 saturated carbocycles.